The third kappa shape index (κ3) is 1.90. The van der Waals surface area contributed by atoms with Crippen molar-refractivity contribution in [2.75, 3.05) is 0 Å². The molecule has 13 heavy (non-hydrogen) atoms. The molecule has 1 rings (SSSR count). The van der Waals surface area contributed by atoms with Gasteiger partial charge in [-0.15, -0.1) is 0 Å². The van der Waals surface area contributed by atoms with E-state index in [1.54, 1.807) is 0 Å². The summed E-state index contributed by atoms with van der Waals surface area (Å²) in [7, 11) is 0. The van der Waals surface area contributed by atoms with Crippen LogP contribution in [0.3, 0.4) is 0 Å². The maximum Gasteiger partial charge on any atom is 0.229 e. The molecule has 1 saturated heterocycles. The SMILES string of the molecule is CCC(C)(C)N1C(=O)CCCC1=O. The number of amides is 2. The molecule has 0 N–H and O–H groups in total. The van der Waals surface area contributed by atoms with E-state index in [0.717, 1.165) is 6.42 Å². The van der Waals surface area contributed by atoms with Gasteiger partial charge in [0.1, 0.15) is 0 Å². The number of carbonyl (C=O) groups is 2. The minimum atomic E-state index is -0.311. The van der Waals surface area contributed by atoms with Crippen LogP contribution in [0.25, 0.3) is 0 Å². The highest BCUT2D eigenvalue weighted by atomic mass is 16.2. The predicted octanol–water partition coefficient (Wildman–Crippen LogP) is 1.71. The van der Waals surface area contributed by atoms with Crippen LogP contribution in [0.15, 0.2) is 0 Å². The summed E-state index contributed by atoms with van der Waals surface area (Å²) in [5.74, 6) is -0.0220. The van der Waals surface area contributed by atoms with Crippen molar-refractivity contribution in [3.05, 3.63) is 0 Å². The van der Waals surface area contributed by atoms with E-state index in [4.69, 9.17) is 0 Å². The molecule has 0 saturated carbocycles. The number of hydrogen-bond acceptors (Lipinski definition) is 2. The average molecular weight is 183 g/mol. The smallest absolute Gasteiger partial charge is 0.229 e. The predicted molar refractivity (Wildman–Crippen MR) is 50.1 cm³/mol. The average Bonchev–Trinajstić information content (AvgIpc) is 2.03. The van der Waals surface area contributed by atoms with Gasteiger partial charge in [-0.3, -0.25) is 14.5 Å². The van der Waals surface area contributed by atoms with Gasteiger partial charge in [0.15, 0.2) is 0 Å². The fourth-order valence-electron chi connectivity index (χ4n) is 1.59. The molecule has 0 aromatic carbocycles. The van der Waals surface area contributed by atoms with Gasteiger partial charge in [-0.05, 0) is 26.7 Å². The van der Waals surface area contributed by atoms with Gasteiger partial charge >= 0.3 is 0 Å². The van der Waals surface area contributed by atoms with Crippen LogP contribution in [-0.2, 0) is 9.59 Å². The maximum atomic E-state index is 11.5. The lowest BCUT2D eigenvalue weighted by atomic mass is 9.95. The van der Waals surface area contributed by atoms with Crippen LogP contribution >= 0.6 is 0 Å². The second-order valence-corrected chi connectivity index (χ2v) is 4.14. The molecule has 0 radical (unpaired) electrons. The van der Waals surface area contributed by atoms with Gasteiger partial charge in [-0.2, -0.15) is 0 Å². The molecule has 1 heterocycles. The minimum absolute atomic E-state index is 0.0110. The van der Waals surface area contributed by atoms with Gasteiger partial charge < -0.3 is 0 Å². The van der Waals surface area contributed by atoms with Crippen molar-refractivity contribution in [3.8, 4) is 0 Å². The zero-order valence-corrected chi connectivity index (χ0v) is 8.59. The summed E-state index contributed by atoms with van der Waals surface area (Å²) in [4.78, 5) is 24.5. The van der Waals surface area contributed by atoms with E-state index >= 15 is 0 Å². The Morgan fingerprint density at radius 3 is 2.08 bits per heavy atom. The Morgan fingerprint density at radius 1 is 1.23 bits per heavy atom. The van der Waals surface area contributed by atoms with E-state index in [1.165, 1.54) is 4.90 Å². The normalized spacial score (nSPS) is 19.5. The first-order chi connectivity index (χ1) is 5.99. The molecule has 0 atom stereocenters. The Balaban J connectivity index is 2.86. The van der Waals surface area contributed by atoms with Crippen LogP contribution in [0.4, 0.5) is 0 Å². The summed E-state index contributed by atoms with van der Waals surface area (Å²) in [6.45, 7) is 5.87. The summed E-state index contributed by atoms with van der Waals surface area (Å²) >= 11 is 0. The Morgan fingerprint density at radius 2 is 1.69 bits per heavy atom. The molecular weight excluding hydrogens is 166 g/mol. The molecule has 0 unspecified atom stereocenters. The van der Waals surface area contributed by atoms with Crippen molar-refractivity contribution < 1.29 is 9.59 Å². The zero-order valence-electron chi connectivity index (χ0n) is 8.59. The fraction of sp³-hybridized carbons (Fsp3) is 0.800. The number of piperidine rings is 1. The zero-order chi connectivity index (χ0) is 10.1. The molecule has 0 aromatic heterocycles. The van der Waals surface area contributed by atoms with E-state index < -0.39 is 0 Å². The van der Waals surface area contributed by atoms with Gasteiger partial charge in [0.25, 0.3) is 0 Å². The summed E-state index contributed by atoms with van der Waals surface area (Å²) in [6, 6.07) is 0. The Bertz CT molecular complexity index is 217. The lowest BCUT2D eigenvalue weighted by Gasteiger charge is -2.38. The number of rotatable bonds is 2. The summed E-state index contributed by atoms with van der Waals surface area (Å²) in [5, 5.41) is 0. The highest BCUT2D eigenvalue weighted by molar-refractivity contribution is 5.98. The molecule has 1 aliphatic rings. The van der Waals surface area contributed by atoms with Crippen molar-refractivity contribution in [2.24, 2.45) is 0 Å². The van der Waals surface area contributed by atoms with E-state index in [-0.39, 0.29) is 17.4 Å². The first-order valence-corrected chi connectivity index (χ1v) is 4.85. The lowest BCUT2D eigenvalue weighted by molar-refractivity contribution is -0.154. The van der Waals surface area contributed by atoms with Gasteiger partial charge in [0.05, 0.1) is 0 Å². The van der Waals surface area contributed by atoms with Crippen molar-refractivity contribution in [1.29, 1.82) is 0 Å². The lowest BCUT2D eigenvalue weighted by Crippen LogP contribution is -2.52. The van der Waals surface area contributed by atoms with Gasteiger partial charge in [0, 0.05) is 18.4 Å². The van der Waals surface area contributed by atoms with Gasteiger partial charge in [0.2, 0.25) is 11.8 Å². The number of nitrogens with zero attached hydrogens (tertiary/aromatic N) is 1. The van der Waals surface area contributed by atoms with Crippen LogP contribution < -0.4 is 0 Å². The number of hydrogen-bond donors (Lipinski definition) is 0. The molecule has 3 heteroatoms. The van der Waals surface area contributed by atoms with Crippen LogP contribution in [0.2, 0.25) is 0 Å². The molecule has 1 fully saturated rings. The first-order valence-electron chi connectivity index (χ1n) is 4.85. The fourth-order valence-corrected chi connectivity index (χ4v) is 1.59. The second kappa shape index (κ2) is 3.48. The molecule has 0 bridgehead atoms. The number of imide groups is 1. The second-order valence-electron chi connectivity index (χ2n) is 4.14. The largest absolute Gasteiger partial charge is 0.277 e. The molecule has 0 aliphatic carbocycles. The molecule has 74 valence electrons. The maximum absolute atomic E-state index is 11.5. The Kier molecular flexibility index (Phi) is 2.74. The molecule has 0 aromatic rings. The Labute approximate surface area is 79.1 Å². The van der Waals surface area contributed by atoms with Crippen molar-refractivity contribution >= 4 is 11.8 Å². The summed E-state index contributed by atoms with van der Waals surface area (Å²) in [6.07, 6.45) is 2.57. The molecule has 3 nitrogen and oxygen atoms in total. The number of likely N-dealkylation sites (tertiary alicyclic amines) is 1. The highest BCUT2D eigenvalue weighted by Gasteiger charge is 2.36. The molecule has 2 amide bonds. The van der Waals surface area contributed by atoms with Crippen LogP contribution in [0.5, 0.6) is 0 Å². The van der Waals surface area contributed by atoms with Crippen molar-refractivity contribution in [3.63, 3.8) is 0 Å². The van der Waals surface area contributed by atoms with Gasteiger partial charge in [-0.25, -0.2) is 0 Å². The topological polar surface area (TPSA) is 37.4 Å². The van der Waals surface area contributed by atoms with Crippen LogP contribution in [-0.4, -0.2) is 22.3 Å². The Hall–Kier alpha value is -0.860. The minimum Gasteiger partial charge on any atom is -0.277 e. The first kappa shape index (κ1) is 10.2. The van der Waals surface area contributed by atoms with Crippen molar-refractivity contribution in [1.82, 2.24) is 4.90 Å². The van der Waals surface area contributed by atoms with E-state index in [1.807, 2.05) is 20.8 Å². The quantitative estimate of drug-likeness (QED) is 0.611. The summed E-state index contributed by atoms with van der Waals surface area (Å²) in [5.41, 5.74) is -0.311. The van der Waals surface area contributed by atoms with E-state index in [0.29, 0.717) is 19.3 Å². The van der Waals surface area contributed by atoms with Crippen LogP contribution in [0, 0.1) is 0 Å². The van der Waals surface area contributed by atoms with Crippen molar-refractivity contribution in [2.45, 2.75) is 52.0 Å². The third-order valence-corrected chi connectivity index (χ3v) is 2.75. The molecule has 0 spiro atoms. The monoisotopic (exact) mass is 183 g/mol. The van der Waals surface area contributed by atoms with E-state index in [9.17, 15) is 9.59 Å². The standard InChI is InChI=1S/C10H17NO2/c1-4-10(2,3)11-8(12)6-5-7-9(11)13/h4-7H2,1-3H3. The third-order valence-electron chi connectivity index (χ3n) is 2.75. The highest BCUT2D eigenvalue weighted by Crippen LogP contribution is 2.24. The summed E-state index contributed by atoms with van der Waals surface area (Å²) < 4.78 is 0. The molecule has 1 aliphatic heterocycles. The van der Waals surface area contributed by atoms with Crippen LogP contribution in [0.1, 0.15) is 46.5 Å². The number of carbonyl (C=O) groups excluding carboxylic acids is 2. The van der Waals surface area contributed by atoms with Gasteiger partial charge in [-0.1, -0.05) is 6.92 Å². The molecular formula is C10H17NO2. The van der Waals surface area contributed by atoms with E-state index in [2.05, 4.69) is 0 Å².